The van der Waals surface area contributed by atoms with Gasteiger partial charge in [0.05, 0.1) is 11.6 Å². The molecule has 10 heteroatoms. The number of fused-ring (bicyclic) bond motifs is 1. The van der Waals surface area contributed by atoms with Crippen LogP contribution in [-0.2, 0) is 27.1 Å². The predicted molar refractivity (Wildman–Crippen MR) is 112 cm³/mol. The number of nitrogens with zero attached hydrogens (tertiary/aromatic N) is 3. The summed E-state index contributed by atoms with van der Waals surface area (Å²) in [6.07, 6.45) is 1.44. The summed E-state index contributed by atoms with van der Waals surface area (Å²) in [6, 6.07) is 7.10. The summed E-state index contributed by atoms with van der Waals surface area (Å²) in [4.78, 5) is 6.70. The minimum Gasteiger partial charge on any atom is -0.467 e. The number of thioether (sulfide) groups is 1. The van der Waals surface area contributed by atoms with E-state index in [2.05, 4.69) is 9.88 Å². The average Bonchev–Trinajstić information content (AvgIpc) is 2.72. The van der Waals surface area contributed by atoms with Gasteiger partial charge >= 0.3 is 0 Å². The van der Waals surface area contributed by atoms with Crippen LogP contribution in [0.25, 0.3) is 0 Å². The molecule has 0 N–H and O–H groups in total. The van der Waals surface area contributed by atoms with Gasteiger partial charge in [-0.1, -0.05) is 11.6 Å². The lowest BCUT2D eigenvalue weighted by atomic mass is 10.1. The second kappa shape index (κ2) is 8.79. The molecular formula is C19H22ClN3O4S2. The molecule has 156 valence electrons. The van der Waals surface area contributed by atoms with Gasteiger partial charge in [-0.3, -0.25) is 0 Å². The van der Waals surface area contributed by atoms with Gasteiger partial charge in [-0.2, -0.15) is 4.31 Å². The van der Waals surface area contributed by atoms with Crippen molar-refractivity contribution in [1.82, 2.24) is 14.2 Å². The van der Waals surface area contributed by atoms with Gasteiger partial charge in [-0.05, 0) is 31.3 Å². The molecule has 0 spiro atoms. The Hall–Kier alpha value is -1.36. The normalized spacial score (nSPS) is 18.3. The Labute approximate surface area is 180 Å². The number of sulfonamides is 1. The molecule has 0 saturated carbocycles. The molecule has 1 saturated heterocycles. The highest BCUT2D eigenvalue weighted by atomic mass is 35.5. The third-order valence-electron chi connectivity index (χ3n) is 4.94. The fourth-order valence-electron chi connectivity index (χ4n) is 3.30. The van der Waals surface area contributed by atoms with Crippen molar-refractivity contribution in [1.29, 1.82) is 0 Å². The second-order valence-electron chi connectivity index (χ2n) is 6.99. The molecule has 1 fully saturated rings. The van der Waals surface area contributed by atoms with Crippen molar-refractivity contribution in [2.24, 2.45) is 0 Å². The fourth-order valence-corrected chi connectivity index (χ4v) is 5.74. The first kappa shape index (κ1) is 20.9. The topological polar surface area (TPSA) is 72.0 Å². The maximum absolute atomic E-state index is 12.8. The number of pyridine rings is 1. The minimum atomic E-state index is -3.50. The van der Waals surface area contributed by atoms with Gasteiger partial charge in [0, 0.05) is 54.3 Å². The molecule has 0 unspecified atom stereocenters. The van der Waals surface area contributed by atoms with Gasteiger partial charge < -0.3 is 14.4 Å². The van der Waals surface area contributed by atoms with E-state index in [9.17, 15) is 8.42 Å². The van der Waals surface area contributed by atoms with E-state index in [-0.39, 0.29) is 11.7 Å². The van der Waals surface area contributed by atoms with Crippen molar-refractivity contribution in [3.8, 4) is 5.75 Å². The smallest absolute Gasteiger partial charge is 0.244 e. The molecule has 0 amide bonds. The first-order valence-electron chi connectivity index (χ1n) is 9.23. The zero-order valence-corrected chi connectivity index (χ0v) is 18.4. The summed E-state index contributed by atoms with van der Waals surface area (Å²) >= 11 is 7.71. The molecule has 3 heterocycles. The second-order valence-corrected chi connectivity index (χ2v) is 10.4. The van der Waals surface area contributed by atoms with Crippen LogP contribution in [0.3, 0.4) is 0 Å². The maximum Gasteiger partial charge on any atom is 0.244 e. The number of piperazine rings is 1. The summed E-state index contributed by atoms with van der Waals surface area (Å²) in [5.41, 5.74) is 1.90. The van der Waals surface area contributed by atoms with Crippen molar-refractivity contribution in [3.05, 3.63) is 46.6 Å². The van der Waals surface area contributed by atoms with Gasteiger partial charge in [0.15, 0.2) is 6.79 Å². The zero-order valence-electron chi connectivity index (χ0n) is 16.0. The molecular weight excluding hydrogens is 434 g/mol. The number of halogens is 1. The molecule has 2 aromatic rings. The molecule has 4 rings (SSSR count). The largest absolute Gasteiger partial charge is 0.467 e. The number of ether oxygens (including phenoxy) is 2. The lowest BCUT2D eigenvalue weighted by Crippen LogP contribution is -2.47. The molecule has 0 atom stereocenters. The molecule has 2 aliphatic rings. The Bertz CT molecular complexity index is 978. The lowest BCUT2D eigenvalue weighted by molar-refractivity contribution is -0.0168. The van der Waals surface area contributed by atoms with Gasteiger partial charge in [0.25, 0.3) is 0 Å². The Morgan fingerprint density at radius 1 is 1.21 bits per heavy atom. The Morgan fingerprint density at radius 3 is 2.72 bits per heavy atom. The van der Waals surface area contributed by atoms with Gasteiger partial charge in [-0.15, -0.1) is 11.8 Å². The van der Waals surface area contributed by atoms with E-state index in [4.69, 9.17) is 21.1 Å². The molecule has 0 radical (unpaired) electrons. The van der Waals surface area contributed by atoms with Gasteiger partial charge in [0.1, 0.15) is 10.6 Å². The van der Waals surface area contributed by atoms with Crippen LogP contribution in [0, 0.1) is 0 Å². The third-order valence-corrected chi connectivity index (χ3v) is 8.03. The van der Waals surface area contributed by atoms with E-state index in [0.29, 0.717) is 30.5 Å². The van der Waals surface area contributed by atoms with Crippen LogP contribution in [0.5, 0.6) is 5.75 Å². The van der Waals surface area contributed by atoms with E-state index < -0.39 is 10.0 Å². The molecule has 1 aromatic heterocycles. The maximum atomic E-state index is 12.8. The quantitative estimate of drug-likeness (QED) is 0.642. The number of hydrogen-bond acceptors (Lipinski definition) is 7. The summed E-state index contributed by atoms with van der Waals surface area (Å²) < 4.78 is 38.1. The molecule has 0 aliphatic carbocycles. The van der Waals surface area contributed by atoms with E-state index in [0.717, 1.165) is 35.0 Å². The lowest BCUT2D eigenvalue weighted by Gasteiger charge is -2.31. The third kappa shape index (κ3) is 4.70. The SMILES string of the molecule is CN1CCN(S(=O)(=O)c2ccc(SCc3cc(Cl)cc4c3OCOC4)nc2)CC1. The molecule has 7 nitrogen and oxygen atoms in total. The average molecular weight is 456 g/mol. The first-order chi connectivity index (χ1) is 13.9. The van der Waals surface area contributed by atoms with Crippen molar-refractivity contribution in [2.45, 2.75) is 22.3 Å². The van der Waals surface area contributed by atoms with Crippen LogP contribution in [0.4, 0.5) is 0 Å². The van der Waals surface area contributed by atoms with Crippen LogP contribution in [0.1, 0.15) is 11.1 Å². The highest BCUT2D eigenvalue weighted by molar-refractivity contribution is 7.98. The van der Waals surface area contributed by atoms with Crippen LogP contribution in [-0.4, -0.2) is 62.6 Å². The van der Waals surface area contributed by atoms with Gasteiger partial charge in [-0.25, -0.2) is 13.4 Å². The minimum absolute atomic E-state index is 0.226. The number of benzene rings is 1. The van der Waals surface area contributed by atoms with Crippen molar-refractivity contribution in [2.75, 3.05) is 40.0 Å². The number of rotatable bonds is 5. The standard InChI is InChI=1S/C19H22ClN3O4S2/c1-22-4-6-23(7-5-22)29(24,25)17-2-3-18(21-10-17)28-12-15-9-16(20)8-14-11-26-13-27-19(14)15/h2-3,8-10H,4-7,11-13H2,1H3. The molecule has 1 aromatic carbocycles. The van der Waals surface area contributed by atoms with E-state index >= 15 is 0 Å². The van der Waals surface area contributed by atoms with E-state index in [1.807, 2.05) is 19.2 Å². The molecule has 29 heavy (non-hydrogen) atoms. The Kier molecular flexibility index (Phi) is 6.33. The fraction of sp³-hybridized carbons (Fsp3) is 0.421. The van der Waals surface area contributed by atoms with Crippen molar-refractivity contribution in [3.63, 3.8) is 0 Å². The summed E-state index contributed by atoms with van der Waals surface area (Å²) in [5.74, 6) is 1.42. The molecule has 0 bridgehead atoms. The Morgan fingerprint density at radius 2 is 2.00 bits per heavy atom. The number of likely N-dealkylation sites (N-methyl/N-ethyl adjacent to an activating group) is 1. The van der Waals surface area contributed by atoms with Crippen LogP contribution < -0.4 is 4.74 Å². The van der Waals surface area contributed by atoms with E-state index in [1.54, 1.807) is 12.1 Å². The highest BCUT2D eigenvalue weighted by Crippen LogP contribution is 2.35. The van der Waals surface area contributed by atoms with Gasteiger partial charge in [0.2, 0.25) is 10.0 Å². The van der Waals surface area contributed by atoms with Crippen LogP contribution in [0.15, 0.2) is 40.4 Å². The van der Waals surface area contributed by atoms with E-state index in [1.165, 1.54) is 22.3 Å². The van der Waals surface area contributed by atoms with Crippen LogP contribution >= 0.6 is 23.4 Å². The number of hydrogen-bond donors (Lipinski definition) is 0. The first-order valence-corrected chi connectivity index (χ1v) is 12.0. The zero-order chi connectivity index (χ0) is 20.4. The van der Waals surface area contributed by atoms with Crippen LogP contribution in [0.2, 0.25) is 5.02 Å². The Balaban J connectivity index is 1.45. The van der Waals surface area contributed by atoms with Crippen molar-refractivity contribution < 1.29 is 17.9 Å². The number of aromatic nitrogens is 1. The highest BCUT2D eigenvalue weighted by Gasteiger charge is 2.27. The monoisotopic (exact) mass is 455 g/mol. The predicted octanol–water partition coefficient (Wildman–Crippen LogP) is 2.83. The summed E-state index contributed by atoms with van der Waals surface area (Å²) in [5, 5.41) is 1.37. The summed E-state index contributed by atoms with van der Waals surface area (Å²) in [7, 11) is -1.51. The van der Waals surface area contributed by atoms with Crippen molar-refractivity contribution >= 4 is 33.4 Å². The molecule has 2 aliphatic heterocycles. The summed E-state index contributed by atoms with van der Waals surface area (Å²) in [6.45, 7) is 3.17.